The van der Waals surface area contributed by atoms with Crippen molar-refractivity contribution in [2.45, 2.75) is 57.4 Å². The number of aromatic nitrogens is 4. The van der Waals surface area contributed by atoms with Gasteiger partial charge >= 0.3 is 23.3 Å². The van der Waals surface area contributed by atoms with E-state index >= 15 is 0 Å². The first-order chi connectivity index (χ1) is 19.2. The zero-order chi connectivity index (χ0) is 29.9. The van der Waals surface area contributed by atoms with Gasteiger partial charge < -0.3 is 30.4 Å². The number of carbonyl (C=O) groups excluding carboxylic acids is 2. The maximum Gasteiger partial charge on any atom is 0.352 e. The van der Waals surface area contributed by atoms with Crippen LogP contribution >= 0.6 is 23.5 Å². The molecule has 0 aromatic carbocycles. The Morgan fingerprint density at radius 2 is 1.46 bits per heavy atom. The zero-order valence-electron chi connectivity index (χ0n) is 23.2. The van der Waals surface area contributed by atoms with Crippen molar-refractivity contribution in [3.63, 3.8) is 0 Å². The van der Waals surface area contributed by atoms with Gasteiger partial charge in [-0.3, -0.25) is 18.7 Å². The first-order valence-corrected chi connectivity index (χ1v) is 14.9. The van der Waals surface area contributed by atoms with Gasteiger partial charge in [0, 0.05) is 23.9 Å². The molecule has 0 spiro atoms. The van der Waals surface area contributed by atoms with E-state index in [0.29, 0.717) is 11.5 Å². The number of anilines is 2. The Balaban J connectivity index is 1.23. The highest BCUT2D eigenvalue weighted by Gasteiger charge is 2.42. The highest BCUT2D eigenvalue weighted by Crippen LogP contribution is 2.38. The van der Waals surface area contributed by atoms with Crippen LogP contribution < -0.4 is 22.8 Å². The topological polar surface area (TPSA) is 193 Å². The Morgan fingerprint density at radius 1 is 0.902 bits per heavy atom. The van der Waals surface area contributed by atoms with Crippen molar-refractivity contribution < 1.29 is 28.5 Å². The second-order valence-corrected chi connectivity index (χ2v) is 13.2. The second-order valence-electron chi connectivity index (χ2n) is 11.0. The molecule has 0 bridgehead atoms. The zero-order valence-corrected chi connectivity index (χ0v) is 24.8. The van der Waals surface area contributed by atoms with Gasteiger partial charge in [-0.05, 0) is 46.2 Å². The third-order valence-electron chi connectivity index (χ3n) is 6.45. The summed E-state index contributed by atoms with van der Waals surface area (Å²) >= 11 is 2.80. The highest BCUT2D eigenvalue weighted by molar-refractivity contribution is 8.00. The SMILES string of the molecule is CC(C)(CC(C)(C)C(=O)OC[C@H]1O[C@@H](n2ccc(N)nc2=O)CS1)C(=O)OC[C@H]1CS[C@@H](n2ccc(N)nc2=O)O1. The number of thioether (sulfide) groups is 2. The molecule has 2 aromatic heterocycles. The molecule has 4 atom stereocenters. The molecular formula is C25H34N6O8S2. The van der Waals surface area contributed by atoms with Gasteiger partial charge in [0.2, 0.25) is 0 Å². The summed E-state index contributed by atoms with van der Waals surface area (Å²) in [5.41, 5.74) is 6.97. The fourth-order valence-electron chi connectivity index (χ4n) is 4.53. The van der Waals surface area contributed by atoms with E-state index in [1.54, 1.807) is 27.7 Å². The van der Waals surface area contributed by atoms with Crippen LogP contribution in [0.2, 0.25) is 0 Å². The summed E-state index contributed by atoms with van der Waals surface area (Å²) in [5.74, 6) is 0.269. The van der Waals surface area contributed by atoms with Gasteiger partial charge in [-0.2, -0.15) is 9.97 Å². The van der Waals surface area contributed by atoms with Crippen molar-refractivity contribution in [2.24, 2.45) is 10.8 Å². The lowest BCUT2D eigenvalue weighted by atomic mass is 9.75. The van der Waals surface area contributed by atoms with Crippen LogP contribution in [-0.2, 0) is 28.5 Å². The lowest BCUT2D eigenvalue weighted by Crippen LogP contribution is -2.38. The van der Waals surface area contributed by atoms with Crippen LogP contribution in [0.1, 0.15) is 45.9 Å². The standard InChI is InChI=1S/C25H34N6O8S2/c1-24(2,19(32)36-9-14-11-41-23(38-14)31-8-6-16(27)29-22(31)35)13-25(3,4)20(33)37-10-18-39-17(12-40-18)30-7-5-15(26)28-21(30)34/h5-8,14,17-18,23H,9-13H2,1-4H3,(H2,26,28,34)(H2,27,29,35)/t14-,17+,18-,23-/m0/s1. The molecule has 0 radical (unpaired) electrons. The largest absolute Gasteiger partial charge is 0.462 e. The van der Waals surface area contributed by atoms with Gasteiger partial charge in [0.1, 0.15) is 42.6 Å². The van der Waals surface area contributed by atoms with Crippen LogP contribution in [0.5, 0.6) is 0 Å². The Bertz CT molecular complexity index is 1290. The normalized spacial score (nSPS) is 22.9. The molecule has 0 saturated carbocycles. The molecule has 4 rings (SSSR count). The van der Waals surface area contributed by atoms with Gasteiger partial charge in [0.25, 0.3) is 0 Å². The number of nitrogen functional groups attached to an aromatic ring is 2. The van der Waals surface area contributed by atoms with Crippen LogP contribution in [0.25, 0.3) is 0 Å². The number of carbonyl (C=O) groups is 2. The van der Waals surface area contributed by atoms with Crippen molar-refractivity contribution in [3.8, 4) is 0 Å². The third kappa shape index (κ3) is 7.61. The van der Waals surface area contributed by atoms with Crippen molar-refractivity contribution >= 4 is 47.1 Å². The number of hydrogen-bond donors (Lipinski definition) is 2. The van der Waals surface area contributed by atoms with Gasteiger partial charge in [-0.25, -0.2) is 9.59 Å². The predicted octanol–water partition coefficient (Wildman–Crippen LogP) is 1.37. The summed E-state index contributed by atoms with van der Waals surface area (Å²) < 4.78 is 25.5. The van der Waals surface area contributed by atoms with Crippen molar-refractivity contribution in [1.29, 1.82) is 0 Å². The van der Waals surface area contributed by atoms with Crippen LogP contribution in [0.15, 0.2) is 34.1 Å². The average Bonchev–Trinajstić information content (AvgIpc) is 3.55. The lowest BCUT2D eigenvalue weighted by molar-refractivity contribution is -0.165. The van der Waals surface area contributed by atoms with Crippen molar-refractivity contribution in [2.75, 3.05) is 36.2 Å². The van der Waals surface area contributed by atoms with Gasteiger partial charge in [0.15, 0.2) is 5.56 Å². The van der Waals surface area contributed by atoms with E-state index in [1.165, 1.54) is 57.2 Å². The fourth-order valence-corrected chi connectivity index (χ4v) is 6.63. The molecule has 0 amide bonds. The molecule has 224 valence electrons. The summed E-state index contributed by atoms with van der Waals surface area (Å²) in [4.78, 5) is 57.5. The minimum Gasteiger partial charge on any atom is -0.462 e. The minimum atomic E-state index is -1.00. The van der Waals surface area contributed by atoms with Crippen LogP contribution in [0.4, 0.5) is 11.6 Å². The number of esters is 2. The summed E-state index contributed by atoms with van der Waals surface area (Å²) in [7, 11) is 0. The molecule has 2 aliphatic heterocycles. The third-order valence-corrected chi connectivity index (χ3v) is 8.73. The minimum absolute atomic E-state index is 0.00217. The van der Waals surface area contributed by atoms with Crippen LogP contribution in [-0.4, -0.2) is 67.3 Å². The quantitative estimate of drug-likeness (QED) is 0.366. The highest BCUT2D eigenvalue weighted by atomic mass is 32.2. The molecule has 0 aliphatic carbocycles. The Labute approximate surface area is 244 Å². The summed E-state index contributed by atoms with van der Waals surface area (Å²) in [5, 5.41) is 0. The second kappa shape index (κ2) is 12.4. The van der Waals surface area contributed by atoms with Crippen molar-refractivity contribution in [1.82, 2.24) is 19.1 Å². The van der Waals surface area contributed by atoms with E-state index < -0.39 is 57.5 Å². The van der Waals surface area contributed by atoms with Gasteiger partial charge in [-0.15, -0.1) is 23.5 Å². The van der Waals surface area contributed by atoms with Gasteiger partial charge in [-0.1, -0.05) is 0 Å². The van der Waals surface area contributed by atoms with Crippen LogP contribution in [0.3, 0.4) is 0 Å². The summed E-state index contributed by atoms with van der Waals surface area (Å²) in [6, 6.07) is 3.02. The smallest absolute Gasteiger partial charge is 0.352 e. The predicted molar refractivity (Wildman–Crippen MR) is 153 cm³/mol. The molecule has 14 nitrogen and oxygen atoms in total. The number of rotatable bonds is 10. The Kier molecular flexibility index (Phi) is 9.35. The van der Waals surface area contributed by atoms with Crippen LogP contribution in [0, 0.1) is 10.8 Å². The van der Waals surface area contributed by atoms with E-state index in [0.717, 1.165) is 0 Å². The molecule has 4 N–H and O–H groups in total. The Hall–Kier alpha value is -3.08. The lowest BCUT2D eigenvalue weighted by Gasteiger charge is -2.32. The number of ether oxygens (including phenoxy) is 4. The summed E-state index contributed by atoms with van der Waals surface area (Å²) in [6.45, 7) is 6.80. The molecular weight excluding hydrogens is 576 g/mol. The molecule has 0 unspecified atom stereocenters. The first-order valence-electron chi connectivity index (χ1n) is 12.8. The van der Waals surface area contributed by atoms with Crippen molar-refractivity contribution in [3.05, 3.63) is 45.5 Å². The maximum atomic E-state index is 13.0. The summed E-state index contributed by atoms with van der Waals surface area (Å²) in [6.07, 6.45) is 2.23. The molecule has 2 aromatic rings. The van der Waals surface area contributed by atoms with E-state index in [2.05, 4.69) is 9.97 Å². The molecule has 16 heteroatoms. The van der Waals surface area contributed by atoms with Gasteiger partial charge in [0.05, 0.1) is 10.8 Å². The molecule has 2 aliphatic rings. The van der Waals surface area contributed by atoms with E-state index in [1.807, 2.05) is 0 Å². The van der Waals surface area contributed by atoms with E-state index in [4.69, 9.17) is 30.4 Å². The van der Waals surface area contributed by atoms with E-state index in [-0.39, 0.29) is 31.3 Å². The first kappa shape index (κ1) is 30.9. The van der Waals surface area contributed by atoms with E-state index in [9.17, 15) is 19.2 Å². The fraction of sp³-hybridized carbons (Fsp3) is 0.600. The average molecular weight is 611 g/mol. The molecule has 4 heterocycles. The molecule has 2 fully saturated rings. The maximum absolute atomic E-state index is 13.0. The molecule has 41 heavy (non-hydrogen) atoms. The number of hydrogen-bond acceptors (Lipinski definition) is 14. The number of nitrogens with zero attached hydrogens (tertiary/aromatic N) is 4. The number of nitrogens with two attached hydrogens (primary N) is 2. The molecule has 2 saturated heterocycles. The Morgan fingerprint density at radius 3 is 2.05 bits per heavy atom. The monoisotopic (exact) mass is 610 g/mol.